The molecule has 0 atom stereocenters. The van der Waals surface area contributed by atoms with Crippen molar-refractivity contribution in [3.05, 3.63) is 65.2 Å². The van der Waals surface area contributed by atoms with Gasteiger partial charge in [0, 0.05) is 39.1 Å². The minimum Gasteiger partial charge on any atom is -0.493 e. The molecule has 0 spiro atoms. The third-order valence-electron chi connectivity index (χ3n) is 5.30. The summed E-state index contributed by atoms with van der Waals surface area (Å²) in [6.45, 7) is 5.40. The van der Waals surface area contributed by atoms with Crippen LogP contribution in [0, 0.1) is 0 Å². The molecule has 1 fully saturated rings. The average Bonchev–Trinajstić information content (AvgIpc) is 3.00. The van der Waals surface area contributed by atoms with Gasteiger partial charge in [0.15, 0.2) is 0 Å². The fourth-order valence-electron chi connectivity index (χ4n) is 3.86. The van der Waals surface area contributed by atoms with Crippen molar-refractivity contribution in [3.8, 4) is 5.75 Å². The largest absolute Gasteiger partial charge is 0.493 e. The Morgan fingerprint density at radius 2 is 1.85 bits per heavy atom. The summed E-state index contributed by atoms with van der Waals surface area (Å²) in [7, 11) is 0. The van der Waals surface area contributed by atoms with Crippen LogP contribution in [0.25, 0.3) is 0 Å². The molecule has 0 radical (unpaired) electrons. The van der Waals surface area contributed by atoms with Gasteiger partial charge in [0.25, 0.3) is 0 Å². The molecule has 1 amide bonds. The van der Waals surface area contributed by atoms with Gasteiger partial charge in [-0.15, -0.1) is 0 Å². The Balaban J connectivity index is 1.32. The Kier molecular flexibility index (Phi) is 5.21. The number of fused-ring (bicyclic) bond motifs is 1. The summed E-state index contributed by atoms with van der Waals surface area (Å²) in [5.74, 6) is 1.22. The topological polar surface area (TPSA) is 32.8 Å². The molecule has 2 aliphatic rings. The number of carbonyl (C=O) groups is 1. The van der Waals surface area contributed by atoms with Crippen molar-refractivity contribution in [2.24, 2.45) is 0 Å². The highest BCUT2D eigenvalue weighted by Crippen LogP contribution is 2.26. The number of rotatable bonds is 4. The maximum atomic E-state index is 12.8. The van der Waals surface area contributed by atoms with Crippen LogP contribution in [0.1, 0.15) is 23.1 Å². The second-order valence-electron chi connectivity index (χ2n) is 7.21. The van der Waals surface area contributed by atoms with Crippen LogP contribution in [0.15, 0.2) is 48.5 Å². The van der Waals surface area contributed by atoms with Crippen LogP contribution >= 0.6 is 0 Å². The molecule has 0 N–H and O–H groups in total. The Morgan fingerprint density at radius 1 is 0.962 bits per heavy atom. The highest BCUT2D eigenvalue weighted by atomic mass is 16.5. The van der Waals surface area contributed by atoms with Crippen LogP contribution in [-0.4, -0.2) is 48.5 Å². The minimum atomic E-state index is 0.241. The van der Waals surface area contributed by atoms with Crippen molar-refractivity contribution < 1.29 is 9.53 Å². The fourth-order valence-corrected chi connectivity index (χ4v) is 3.86. The van der Waals surface area contributed by atoms with E-state index in [9.17, 15) is 4.79 Å². The van der Waals surface area contributed by atoms with Gasteiger partial charge >= 0.3 is 0 Å². The molecule has 0 unspecified atom stereocenters. The van der Waals surface area contributed by atoms with Crippen molar-refractivity contribution >= 4 is 5.91 Å². The first-order valence-corrected chi connectivity index (χ1v) is 9.56. The Hall–Kier alpha value is -2.33. The third-order valence-corrected chi connectivity index (χ3v) is 5.30. The summed E-state index contributed by atoms with van der Waals surface area (Å²) in [5, 5.41) is 0. The zero-order chi connectivity index (χ0) is 17.8. The van der Waals surface area contributed by atoms with E-state index >= 15 is 0 Å². The first-order chi connectivity index (χ1) is 12.8. The predicted octanol–water partition coefficient (Wildman–Crippen LogP) is 2.90. The van der Waals surface area contributed by atoms with Crippen molar-refractivity contribution in [2.75, 3.05) is 32.8 Å². The molecule has 2 aromatic carbocycles. The molecule has 2 aromatic rings. The highest BCUT2D eigenvalue weighted by Gasteiger charge is 2.20. The molecule has 1 saturated heterocycles. The zero-order valence-corrected chi connectivity index (χ0v) is 15.2. The number of hydrogen-bond donors (Lipinski definition) is 0. The van der Waals surface area contributed by atoms with E-state index in [-0.39, 0.29) is 5.91 Å². The molecular formula is C22H26N2O2. The minimum absolute atomic E-state index is 0.241. The van der Waals surface area contributed by atoms with E-state index in [4.69, 9.17) is 4.74 Å². The lowest BCUT2D eigenvalue weighted by molar-refractivity contribution is -0.130. The molecule has 0 aromatic heterocycles. The maximum absolute atomic E-state index is 12.8. The lowest BCUT2D eigenvalue weighted by Gasteiger charge is -2.22. The number of ether oxygens (including phenoxy) is 1. The van der Waals surface area contributed by atoms with Crippen LogP contribution in [0.4, 0.5) is 0 Å². The first-order valence-electron chi connectivity index (χ1n) is 9.56. The van der Waals surface area contributed by atoms with Crippen molar-refractivity contribution in [2.45, 2.75) is 25.8 Å². The number of amides is 1. The number of carbonyl (C=O) groups excluding carboxylic acids is 1. The lowest BCUT2D eigenvalue weighted by atomic mass is 10.1. The SMILES string of the molecule is O=C(Cc1ccc2c(c1)CCO2)N1CCCN(Cc2ccccc2)CC1. The van der Waals surface area contributed by atoms with Gasteiger partial charge in [-0.2, -0.15) is 0 Å². The smallest absolute Gasteiger partial charge is 0.227 e. The molecule has 26 heavy (non-hydrogen) atoms. The molecule has 2 heterocycles. The van der Waals surface area contributed by atoms with Crippen molar-refractivity contribution in [1.29, 1.82) is 0 Å². The van der Waals surface area contributed by atoms with Gasteiger partial charge in [-0.1, -0.05) is 42.5 Å². The molecule has 2 aliphatic heterocycles. The maximum Gasteiger partial charge on any atom is 0.227 e. The number of nitrogens with zero attached hydrogens (tertiary/aromatic N) is 2. The standard InChI is InChI=1S/C22H26N2O2/c25-22(16-19-7-8-21-20(15-19)9-14-26-21)24-11-4-10-23(12-13-24)17-18-5-2-1-3-6-18/h1-3,5-8,15H,4,9-14,16-17H2. The Bertz CT molecular complexity index is 760. The van der Waals surface area contributed by atoms with E-state index in [2.05, 4.69) is 41.3 Å². The zero-order valence-electron chi connectivity index (χ0n) is 15.2. The Morgan fingerprint density at radius 3 is 2.73 bits per heavy atom. The van der Waals surface area contributed by atoms with E-state index in [0.29, 0.717) is 6.42 Å². The van der Waals surface area contributed by atoms with Crippen LogP contribution in [0.3, 0.4) is 0 Å². The van der Waals surface area contributed by atoms with E-state index in [0.717, 1.165) is 63.5 Å². The summed E-state index contributed by atoms with van der Waals surface area (Å²) >= 11 is 0. The van der Waals surface area contributed by atoms with E-state index < -0.39 is 0 Å². The lowest BCUT2D eigenvalue weighted by Crippen LogP contribution is -2.36. The van der Waals surface area contributed by atoms with E-state index in [1.165, 1.54) is 11.1 Å². The van der Waals surface area contributed by atoms with Crippen LogP contribution in [0.5, 0.6) is 5.75 Å². The summed E-state index contributed by atoms with van der Waals surface area (Å²) in [4.78, 5) is 17.3. The molecule has 136 valence electrons. The van der Waals surface area contributed by atoms with Gasteiger partial charge in [0.2, 0.25) is 5.91 Å². The molecular weight excluding hydrogens is 324 g/mol. The van der Waals surface area contributed by atoms with Crippen LogP contribution < -0.4 is 4.74 Å². The summed E-state index contributed by atoms with van der Waals surface area (Å²) in [6, 6.07) is 16.7. The molecule has 4 heteroatoms. The normalized spacial score (nSPS) is 17.5. The van der Waals surface area contributed by atoms with Gasteiger partial charge in [-0.25, -0.2) is 0 Å². The third kappa shape index (κ3) is 4.07. The second-order valence-corrected chi connectivity index (χ2v) is 7.21. The molecule has 4 rings (SSSR count). The van der Waals surface area contributed by atoms with Gasteiger partial charge in [0.1, 0.15) is 5.75 Å². The number of benzene rings is 2. The molecule has 0 aliphatic carbocycles. The highest BCUT2D eigenvalue weighted by molar-refractivity contribution is 5.79. The quantitative estimate of drug-likeness (QED) is 0.850. The Labute approximate surface area is 155 Å². The fraction of sp³-hybridized carbons (Fsp3) is 0.409. The van der Waals surface area contributed by atoms with Crippen LogP contribution in [-0.2, 0) is 24.2 Å². The molecule has 4 nitrogen and oxygen atoms in total. The van der Waals surface area contributed by atoms with Gasteiger partial charge in [-0.05, 0) is 29.2 Å². The summed E-state index contributed by atoms with van der Waals surface area (Å²) in [5.41, 5.74) is 3.68. The van der Waals surface area contributed by atoms with E-state index in [1.54, 1.807) is 0 Å². The van der Waals surface area contributed by atoms with Crippen molar-refractivity contribution in [1.82, 2.24) is 9.80 Å². The van der Waals surface area contributed by atoms with E-state index in [1.807, 2.05) is 17.0 Å². The average molecular weight is 350 g/mol. The van der Waals surface area contributed by atoms with Gasteiger partial charge < -0.3 is 9.64 Å². The summed E-state index contributed by atoms with van der Waals surface area (Å²) in [6.07, 6.45) is 2.48. The monoisotopic (exact) mass is 350 g/mol. The van der Waals surface area contributed by atoms with Crippen LogP contribution in [0.2, 0.25) is 0 Å². The number of hydrogen-bond acceptors (Lipinski definition) is 3. The molecule has 0 bridgehead atoms. The molecule has 0 saturated carbocycles. The predicted molar refractivity (Wildman–Crippen MR) is 102 cm³/mol. The van der Waals surface area contributed by atoms with Crippen molar-refractivity contribution in [3.63, 3.8) is 0 Å². The summed E-state index contributed by atoms with van der Waals surface area (Å²) < 4.78 is 5.55. The second kappa shape index (κ2) is 7.92. The van der Waals surface area contributed by atoms with Gasteiger partial charge in [0.05, 0.1) is 13.0 Å². The first kappa shape index (κ1) is 17.1. The van der Waals surface area contributed by atoms with Gasteiger partial charge in [-0.3, -0.25) is 9.69 Å².